The van der Waals surface area contributed by atoms with E-state index in [2.05, 4.69) is 10.1 Å². The number of thiophene rings is 1. The van der Waals surface area contributed by atoms with Crippen LogP contribution in [0.5, 0.6) is 0 Å². The summed E-state index contributed by atoms with van der Waals surface area (Å²) in [6, 6.07) is 3.53. The highest BCUT2D eigenvalue weighted by Crippen LogP contribution is 2.19. The highest BCUT2D eigenvalue weighted by atomic mass is 32.1. The maximum Gasteiger partial charge on any atom is 0.409 e. The van der Waals surface area contributed by atoms with Gasteiger partial charge in [-0.05, 0) is 11.4 Å². The van der Waals surface area contributed by atoms with Gasteiger partial charge in [0.1, 0.15) is 4.88 Å². The molecule has 0 aliphatic rings. The molecule has 8 nitrogen and oxygen atoms in total. The van der Waals surface area contributed by atoms with Crippen LogP contribution >= 0.6 is 11.3 Å². The molecule has 0 radical (unpaired) electrons. The zero-order valence-electron chi connectivity index (χ0n) is 10.7. The Kier molecular flexibility index (Phi) is 2.64. The molecule has 0 aliphatic heterocycles. The van der Waals surface area contributed by atoms with Gasteiger partial charge >= 0.3 is 17.1 Å². The first-order chi connectivity index (χ1) is 9.50. The Balaban J connectivity index is 2.57. The summed E-state index contributed by atoms with van der Waals surface area (Å²) < 4.78 is 2.63. The molecule has 3 aromatic rings. The van der Waals surface area contributed by atoms with Crippen molar-refractivity contribution in [3.05, 3.63) is 43.3 Å². The summed E-state index contributed by atoms with van der Waals surface area (Å²) in [5.41, 5.74) is -1.31. The molecule has 9 heteroatoms. The minimum absolute atomic E-state index is 0.0911. The summed E-state index contributed by atoms with van der Waals surface area (Å²) in [5, 5.41) is 5.93. The molecule has 3 aromatic heterocycles. The van der Waals surface area contributed by atoms with Gasteiger partial charge in [-0.1, -0.05) is 11.0 Å². The molecule has 0 aliphatic carbocycles. The fourth-order valence-electron chi connectivity index (χ4n) is 1.91. The molecule has 0 amide bonds. The summed E-state index contributed by atoms with van der Waals surface area (Å²) in [4.78, 5) is 39.2. The van der Waals surface area contributed by atoms with Crippen molar-refractivity contribution >= 4 is 22.5 Å². The van der Waals surface area contributed by atoms with Gasteiger partial charge in [0.15, 0.2) is 0 Å². The number of nitrogens with one attached hydrogen (secondary N) is 1. The molecule has 0 fully saturated rings. The van der Waals surface area contributed by atoms with E-state index in [0.717, 1.165) is 4.57 Å². The van der Waals surface area contributed by atoms with Crippen molar-refractivity contribution in [2.75, 3.05) is 0 Å². The third-order valence-electron chi connectivity index (χ3n) is 2.97. The lowest BCUT2D eigenvalue weighted by atomic mass is 10.4. The highest BCUT2D eigenvalue weighted by molar-refractivity contribution is 7.13. The van der Waals surface area contributed by atoms with Crippen molar-refractivity contribution in [1.29, 1.82) is 0 Å². The van der Waals surface area contributed by atoms with Crippen LogP contribution in [0.4, 0.5) is 0 Å². The Bertz CT molecular complexity index is 980. The number of aromatic nitrogens is 5. The highest BCUT2D eigenvalue weighted by Gasteiger charge is 2.24. The van der Waals surface area contributed by atoms with Crippen molar-refractivity contribution in [3.8, 4) is 10.7 Å². The Morgan fingerprint density at radius 1 is 1.35 bits per heavy atom. The smallest absolute Gasteiger partial charge is 0.287 e. The van der Waals surface area contributed by atoms with E-state index >= 15 is 0 Å². The minimum atomic E-state index is -0.658. The monoisotopic (exact) mass is 292 g/mol. The van der Waals surface area contributed by atoms with Gasteiger partial charge in [-0.25, -0.2) is 4.79 Å². The summed E-state index contributed by atoms with van der Waals surface area (Å²) in [7, 11) is 2.88. The lowest BCUT2D eigenvalue weighted by Gasteiger charge is -2.00. The van der Waals surface area contributed by atoms with E-state index in [9.17, 15) is 14.5 Å². The minimum Gasteiger partial charge on any atom is -0.287 e. The Labute approximate surface area is 115 Å². The summed E-state index contributed by atoms with van der Waals surface area (Å²) in [6.07, 6.45) is 0. The number of rotatable bonds is 1. The molecule has 0 spiro atoms. The van der Waals surface area contributed by atoms with Crippen LogP contribution in [0.15, 0.2) is 27.1 Å². The third-order valence-corrected chi connectivity index (χ3v) is 3.83. The molecule has 3 heterocycles. The first-order valence-electron chi connectivity index (χ1n) is 5.67. The molecule has 0 saturated carbocycles. The normalized spacial score (nSPS) is 11.1. The second-order valence-electron chi connectivity index (χ2n) is 4.21. The number of H-pyrrole nitrogens is 1. The Hall–Kier alpha value is -2.55. The van der Waals surface area contributed by atoms with Crippen LogP contribution in [0.2, 0.25) is 0 Å². The van der Waals surface area contributed by atoms with Gasteiger partial charge in [0.25, 0.3) is 5.52 Å². The van der Waals surface area contributed by atoms with Gasteiger partial charge in [0.05, 0.1) is 12.1 Å². The fraction of sp³-hybridized carbons (Fsp3) is 0.182. The molecule has 0 saturated heterocycles. The molecule has 0 bridgehead atoms. The molecule has 0 aromatic carbocycles. The zero-order valence-corrected chi connectivity index (χ0v) is 11.5. The van der Waals surface area contributed by atoms with E-state index in [4.69, 9.17) is 0 Å². The fourth-order valence-corrected chi connectivity index (χ4v) is 2.60. The molecular weight excluding hydrogens is 282 g/mol. The van der Waals surface area contributed by atoms with Crippen molar-refractivity contribution < 1.29 is 4.43 Å². The summed E-state index contributed by atoms with van der Waals surface area (Å²) >= 11 is 1.34. The van der Waals surface area contributed by atoms with Crippen molar-refractivity contribution in [2.45, 2.75) is 0 Å². The first kappa shape index (κ1) is 12.5. The molecule has 3 rings (SSSR count). The largest absolute Gasteiger partial charge is 0.409 e. The van der Waals surface area contributed by atoms with Gasteiger partial charge in [-0.3, -0.25) is 14.3 Å². The predicted octanol–water partition coefficient (Wildman–Crippen LogP) is -0.397. The lowest BCUT2D eigenvalue weighted by Crippen LogP contribution is -2.40. The lowest BCUT2D eigenvalue weighted by molar-refractivity contribution is -0.456. The maximum atomic E-state index is 12.4. The van der Waals surface area contributed by atoms with Gasteiger partial charge < -0.3 is 0 Å². The number of nitrogens with zero attached hydrogens (tertiary/aromatic N) is 4. The average Bonchev–Trinajstić information content (AvgIpc) is 2.93. The van der Waals surface area contributed by atoms with Gasteiger partial charge in [0, 0.05) is 11.5 Å². The van der Waals surface area contributed by atoms with Crippen molar-refractivity contribution in [3.63, 3.8) is 0 Å². The van der Waals surface area contributed by atoms with E-state index in [1.54, 1.807) is 19.2 Å². The second kappa shape index (κ2) is 4.23. The van der Waals surface area contributed by atoms with Crippen LogP contribution in [-0.4, -0.2) is 19.3 Å². The van der Waals surface area contributed by atoms with Crippen LogP contribution in [0, 0.1) is 4.91 Å². The van der Waals surface area contributed by atoms with E-state index in [-0.39, 0.29) is 17.0 Å². The van der Waals surface area contributed by atoms with Crippen molar-refractivity contribution in [2.24, 2.45) is 14.1 Å². The van der Waals surface area contributed by atoms with Gasteiger partial charge in [-0.15, -0.1) is 11.3 Å². The topological polar surface area (TPSA) is 95.7 Å². The third kappa shape index (κ3) is 1.63. The molecule has 20 heavy (non-hydrogen) atoms. The van der Waals surface area contributed by atoms with E-state index in [0.29, 0.717) is 9.30 Å². The summed E-state index contributed by atoms with van der Waals surface area (Å²) in [5.74, 6) is 0.124. The average molecular weight is 292 g/mol. The van der Waals surface area contributed by atoms with Crippen LogP contribution in [0.25, 0.3) is 21.9 Å². The molecule has 1 N–H and O–H groups in total. The number of hydrogen-bond acceptors (Lipinski definition) is 5. The SMILES string of the molecule is Cn1c(=O)[nH]c2c(c1=O)[n+](=O)c(-c1cccs1)nn2C. The van der Waals surface area contributed by atoms with Crippen molar-refractivity contribution in [1.82, 2.24) is 19.3 Å². The van der Waals surface area contributed by atoms with E-state index < -0.39 is 11.2 Å². The summed E-state index contributed by atoms with van der Waals surface area (Å²) in [6.45, 7) is 0. The molecule has 0 unspecified atom stereocenters. The van der Waals surface area contributed by atoms with Crippen LogP contribution in [0.1, 0.15) is 0 Å². The van der Waals surface area contributed by atoms with Crippen LogP contribution < -0.4 is 15.7 Å². The molecular formula is C11H10N5O3S+. The molecule has 102 valence electrons. The molecule has 0 atom stereocenters. The standard InChI is InChI=1S/C11H9N5O3S/c1-14-10(17)7-9(12-11(14)18)15(2)13-8(16(7)19)6-4-3-5-20-6/h3-5H,1-2H3/p+1. The Morgan fingerprint density at radius 2 is 2.10 bits per heavy atom. The predicted molar refractivity (Wildman–Crippen MR) is 73.3 cm³/mol. The number of aryl methyl sites for hydroxylation is 1. The first-order valence-corrected chi connectivity index (χ1v) is 6.55. The number of hydrogen-bond donors (Lipinski definition) is 1. The maximum absolute atomic E-state index is 12.4. The van der Waals surface area contributed by atoms with Gasteiger partial charge in [0.2, 0.25) is 5.65 Å². The quantitative estimate of drug-likeness (QED) is 0.617. The van der Waals surface area contributed by atoms with E-state index in [1.165, 1.54) is 23.1 Å². The number of aromatic amines is 1. The Morgan fingerprint density at radius 3 is 2.75 bits per heavy atom. The van der Waals surface area contributed by atoms with E-state index in [1.807, 2.05) is 5.38 Å². The van der Waals surface area contributed by atoms with Gasteiger partial charge in [-0.2, -0.15) is 4.68 Å². The number of fused-ring (bicyclic) bond motifs is 1. The second-order valence-corrected chi connectivity index (χ2v) is 5.16. The van der Waals surface area contributed by atoms with Crippen LogP contribution in [0.3, 0.4) is 0 Å². The van der Waals surface area contributed by atoms with Crippen LogP contribution in [-0.2, 0) is 14.1 Å². The zero-order chi connectivity index (χ0) is 14.4.